The van der Waals surface area contributed by atoms with Gasteiger partial charge in [-0.25, -0.2) is 9.07 Å². The Hall–Kier alpha value is -2.75. The maximum atomic E-state index is 13.2. The lowest BCUT2D eigenvalue weighted by molar-refractivity contribution is 0.0963. The Morgan fingerprint density at radius 1 is 1.00 bits per heavy atom. The van der Waals surface area contributed by atoms with Crippen molar-refractivity contribution in [3.05, 3.63) is 82.4 Å². The molecule has 2 aromatic carbocycles. The van der Waals surface area contributed by atoms with E-state index >= 15 is 0 Å². The maximum Gasteiger partial charge on any atom is 0.167 e. The number of aryl methyl sites for hydroxylation is 2. The van der Waals surface area contributed by atoms with Gasteiger partial charge < -0.3 is 0 Å². The molecular weight excluding hydrogens is 315 g/mol. The van der Waals surface area contributed by atoms with Gasteiger partial charge in [0.1, 0.15) is 5.82 Å². The van der Waals surface area contributed by atoms with Crippen LogP contribution in [0.1, 0.15) is 45.2 Å². The highest BCUT2D eigenvalue weighted by Gasteiger charge is 2.32. The molecule has 1 aliphatic rings. The molecule has 1 aliphatic carbocycles. The van der Waals surface area contributed by atoms with E-state index < -0.39 is 0 Å². The van der Waals surface area contributed by atoms with E-state index in [1.165, 1.54) is 17.7 Å². The van der Waals surface area contributed by atoms with Crippen LogP contribution in [-0.4, -0.2) is 15.6 Å². The Bertz CT molecular complexity index is 939. The van der Waals surface area contributed by atoms with Crippen LogP contribution < -0.4 is 0 Å². The number of rotatable bonds is 2. The fourth-order valence-corrected chi connectivity index (χ4v) is 3.63. The van der Waals surface area contributed by atoms with E-state index in [1.807, 2.05) is 42.8 Å². The van der Waals surface area contributed by atoms with Gasteiger partial charge in [-0.1, -0.05) is 29.8 Å². The zero-order valence-corrected chi connectivity index (χ0v) is 14.3. The van der Waals surface area contributed by atoms with Gasteiger partial charge in [0.15, 0.2) is 5.78 Å². The summed E-state index contributed by atoms with van der Waals surface area (Å²) in [5.41, 5.74) is 5.61. The van der Waals surface area contributed by atoms with Crippen molar-refractivity contribution in [1.29, 1.82) is 0 Å². The first-order chi connectivity index (χ1) is 12.0. The van der Waals surface area contributed by atoms with Gasteiger partial charge in [-0.15, -0.1) is 0 Å². The lowest BCUT2D eigenvalue weighted by atomic mass is 9.81. The quantitative estimate of drug-likeness (QED) is 0.689. The molecule has 3 nitrogen and oxygen atoms in total. The number of aromatic nitrogens is 2. The molecule has 0 aliphatic heterocycles. The van der Waals surface area contributed by atoms with Crippen molar-refractivity contribution < 1.29 is 9.18 Å². The van der Waals surface area contributed by atoms with Crippen LogP contribution in [0.25, 0.3) is 5.69 Å². The maximum absolute atomic E-state index is 13.2. The first kappa shape index (κ1) is 15.8. The average Bonchev–Trinajstić information content (AvgIpc) is 2.93. The predicted octanol–water partition coefficient (Wildman–Crippen LogP) is 4.54. The minimum atomic E-state index is -0.257. The third kappa shape index (κ3) is 2.78. The SMILES string of the molecule is Cc1ccc(-n2nc(C)c3c2CC(c2ccc(F)cc2)CC3=O)cc1. The summed E-state index contributed by atoms with van der Waals surface area (Å²) in [5.74, 6) is -0.0838. The van der Waals surface area contributed by atoms with E-state index in [4.69, 9.17) is 0 Å². The first-order valence-electron chi connectivity index (χ1n) is 8.47. The molecular formula is C21H19FN2O. The van der Waals surface area contributed by atoms with Crippen LogP contribution in [0.5, 0.6) is 0 Å². The number of hydrogen-bond acceptors (Lipinski definition) is 2. The normalized spacial score (nSPS) is 16.8. The summed E-state index contributed by atoms with van der Waals surface area (Å²) in [7, 11) is 0. The zero-order valence-electron chi connectivity index (χ0n) is 14.3. The van der Waals surface area contributed by atoms with Gasteiger partial charge in [0.05, 0.1) is 22.6 Å². The second kappa shape index (κ2) is 5.96. The average molecular weight is 334 g/mol. The Labute approximate surface area is 146 Å². The molecule has 0 saturated carbocycles. The number of fused-ring (bicyclic) bond motifs is 1. The number of carbonyl (C=O) groups is 1. The highest BCUT2D eigenvalue weighted by atomic mass is 19.1. The fourth-order valence-electron chi connectivity index (χ4n) is 3.63. The van der Waals surface area contributed by atoms with E-state index in [2.05, 4.69) is 5.10 Å². The molecule has 0 fully saturated rings. The fraction of sp³-hybridized carbons (Fsp3) is 0.238. The first-order valence-corrected chi connectivity index (χ1v) is 8.47. The van der Waals surface area contributed by atoms with Crippen LogP contribution in [0.15, 0.2) is 48.5 Å². The van der Waals surface area contributed by atoms with Crippen molar-refractivity contribution in [3.63, 3.8) is 0 Å². The van der Waals surface area contributed by atoms with Gasteiger partial charge in [-0.05, 0) is 56.0 Å². The van der Waals surface area contributed by atoms with Crippen molar-refractivity contribution in [2.24, 2.45) is 0 Å². The van der Waals surface area contributed by atoms with Crippen molar-refractivity contribution in [1.82, 2.24) is 9.78 Å². The number of nitrogens with zero attached hydrogens (tertiary/aromatic N) is 2. The van der Waals surface area contributed by atoms with Gasteiger partial charge >= 0.3 is 0 Å². The van der Waals surface area contributed by atoms with Crippen molar-refractivity contribution in [2.75, 3.05) is 0 Å². The minimum Gasteiger partial charge on any atom is -0.294 e. The third-order valence-electron chi connectivity index (χ3n) is 4.93. The number of carbonyl (C=O) groups excluding carboxylic acids is 1. The number of benzene rings is 2. The van der Waals surface area contributed by atoms with Gasteiger partial charge in [-0.2, -0.15) is 5.10 Å². The summed E-state index contributed by atoms with van der Waals surface area (Å²) >= 11 is 0. The molecule has 0 radical (unpaired) electrons. The summed E-state index contributed by atoms with van der Waals surface area (Å²) in [6, 6.07) is 14.6. The summed E-state index contributed by atoms with van der Waals surface area (Å²) < 4.78 is 15.1. The molecule has 3 aromatic rings. The molecule has 1 heterocycles. The largest absolute Gasteiger partial charge is 0.294 e. The van der Waals surface area contributed by atoms with E-state index in [-0.39, 0.29) is 17.5 Å². The van der Waals surface area contributed by atoms with Crippen LogP contribution in [0.4, 0.5) is 4.39 Å². The van der Waals surface area contributed by atoms with Crippen LogP contribution in [0.2, 0.25) is 0 Å². The van der Waals surface area contributed by atoms with Crippen LogP contribution in [0, 0.1) is 19.7 Å². The summed E-state index contributed by atoms with van der Waals surface area (Å²) in [5, 5.41) is 4.62. The predicted molar refractivity (Wildman–Crippen MR) is 94.8 cm³/mol. The zero-order chi connectivity index (χ0) is 17.6. The Morgan fingerprint density at radius 3 is 2.36 bits per heavy atom. The molecule has 4 rings (SSSR count). The van der Waals surface area contributed by atoms with Crippen LogP contribution >= 0.6 is 0 Å². The topological polar surface area (TPSA) is 34.9 Å². The van der Waals surface area contributed by atoms with Crippen molar-refractivity contribution in [3.8, 4) is 5.69 Å². The van der Waals surface area contributed by atoms with Gasteiger partial charge in [0.25, 0.3) is 0 Å². The highest BCUT2D eigenvalue weighted by Crippen LogP contribution is 2.35. The van der Waals surface area contributed by atoms with E-state index in [0.29, 0.717) is 6.42 Å². The Balaban J connectivity index is 1.78. The third-order valence-corrected chi connectivity index (χ3v) is 4.93. The lowest BCUT2D eigenvalue weighted by Gasteiger charge is -2.23. The molecule has 126 valence electrons. The van der Waals surface area contributed by atoms with Crippen molar-refractivity contribution in [2.45, 2.75) is 32.6 Å². The molecule has 4 heteroatoms. The molecule has 0 spiro atoms. The lowest BCUT2D eigenvalue weighted by Crippen LogP contribution is -2.20. The Morgan fingerprint density at radius 2 is 1.68 bits per heavy atom. The van der Waals surface area contributed by atoms with Gasteiger partial charge in [-0.3, -0.25) is 4.79 Å². The molecule has 25 heavy (non-hydrogen) atoms. The summed E-state index contributed by atoms with van der Waals surface area (Å²) in [4.78, 5) is 12.7. The second-order valence-corrected chi connectivity index (χ2v) is 6.73. The monoisotopic (exact) mass is 334 g/mol. The summed E-state index contributed by atoms with van der Waals surface area (Å²) in [6.07, 6.45) is 1.17. The molecule has 1 unspecified atom stereocenters. The van der Waals surface area contributed by atoms with E-state index in [1.54, 1.807) is 12.1 Å². The van der Waals surface area contributed by atoms with Crippen molar-refractivity contribution >= 4 is 5.78 Å². The Kier molecular flexibility index (Phi) is 3.75. The standard InChI is InChI=1S/C21H19FN2O/c1-13-3-9-18(10-4-13)24-19-11-16(15-5-7-17(22)8-6-15)12-20(25)21(19)14(2)23-24/h3-10,16H,11-12H2,1-2H3. The number of ketones is 1. The second-order valence-electron chi connectivity index (χ2n) is 6.73. The minimum absolute atomic E-state index is 0.0564. The molecule has 0 N–H and O–H groups in total. The van der Waals surface area contributed by atoms with Crippen LogP contribution in [0.3, 0.4) is 0 Å². The number of hydrogen-bond donors (Lipinski definition) is 0. The van der Waals surface area contributed by atoms with E-state index in [9.17, 15) is 9.18 Å². The van der Waals surface area contributed by atoms with Crippen LogP contribution in [-0.2, 0) is 6.42 Å². The number of Topliss-reactive ketones (excluding diaryl/α,β-unsaturated/α-hetero) is 1. The van der Waals surface area contributed by atoms with E-state index in [0.717, 1.165) is 34.6 Å². The number of halogens is 1. The molecule has 0 amide bonds. The highest BCUT2D eigenvalue weighted by molar-refractivity contribution is 6.00. The molecule has 0 bridgehead atoms. The van der Waals surface area contributed by atoms with Gasteiger partial charge in [0, 0.05) is 6.42 Å². The molecule has 0 saturated heterocycles. The van der Waals surface area contributed by atoms with Gasteiger partial charge in [0.2, 0.25) is 0 Å². The molecule has 1 aromatic heterocycles. The molecule has 1 atom stereocenters. The smallest absolute Gasteiger partial charge is 0.167 e. The summed E-state index contributed by atoms with van der Waals surface area (Å²) in [6.45, 7) is 3.93.